The van der Waals surface area contributed by atoms with E-state index < -0.39 is 11.7 Å². The molecule has 0 spiro atoms. The van der Waals surface area contributed by atoms with Gasteiger partial charge in [0.2, 0.25) is 0 Å². The molecule has 0 fully saturated rings. The van der Waals surface area contributed by atoms with Gasteiger partial charge in [0.25, 0.3) is 0 Å². The first-order valence-electron chi connectivity index (χ1n) is 5.32. The minimum absolute atomic E-state index is 0.0493. The molecule has 0 radical (unpaired) electrons. The van der Waals surface area contributed by atoms with E-state index in [0.29, 0.717) is 5.82 Å². The molecular weight excluding hydrogens is 259 g/mol. The van der Waals surface area contributed by atoms with Crippen LogP contribution in [-0.4, -0.2) is 9.97 Å². The first-order valence-corrected chi connectivity index (χ1v) is 5.32. The molecule has 2 aromatic rings. The maximum Gasteiger partial charge on any atom is 0.416 e. The summed E-state index contributed by atoms with van der Waals surface area (Å²) in [5, 5.41) is 0. The Hall–Kier alpha value is -2.31. The fourth-order valence-electron chi connectivity index (χ4n) is 1.39. The number of halogens is 3. The summed E-state index contributed by atoms with van der Waals surface area (Å²) in [5.41, 5.74) is 4.69. The van der Waals surface area contributed by atoms with Crippen LogP contribution >= 0.6 is 0 Å². The van der Waals surface area contributed by atoms with Crippen molar-refractivity contribution in [2.45, 2.75) is 12.8 Å². The fraction of sp³-hybridized carbons (Fsp3) is 0.167. The Kier molecular flexibility index (Phi) is 3.55. The second-order valence-corrected chi connectivity index (χ2v) is 3.71. The number of benzene rings is 1. The predicted molar refractivity (Wildman–Crippen MR) is 62.2 cm³/mol. The minimum atomic E-state index is -4.40. The fourth-order valence-corrected chi connectivity index (χ4v) is 1.39. The maximum atomic E-state index is 12.5. The van der Waals surface area contributed by atoms with Crippen LogP contribution < -0.4 is 10.5 Å². The Bertz CT molecular complexity index is 572. The third kappa shape index (κ3) is 3.57. The number of nitrogens with two attached hydrogens (primary N) is 1. The Balaban J connectivity index is 2.08. The highest BCUT2D eigenvalue weighted by molar-refractivity contribution is 5.30. The number of nitrogen functional groups attached to an aromatic ring is 1. The van der Waals surface area contributed by atoms with Crippen molar-refractivity contribution < 1.29 is 17.9 Å². The van der Waals surface area contributed by atoms with Crippen LogP contribution in [0.1, 0.15) is 11.4 Å². The van der Waals surface area contributed by atoms with Crippen molar-refractivity contribution in [3.8, 4) is 5.75 Å². The van der Waals surface area contributed by atoms with Gasteiger partial charge in [0.15, 0.2) is 5.82 Å². The van der Waals surface area contributed by atoms with E-state index in [1.807, 2.05) is 0 Å². The number of anilines is 1. The summed E-state index contributed by atoms with van der Waals surface area (Å²) in [7, 11) is 0. The van der Waals surface area contributed by atoms with Gasteiger partial charge in [-0.1, -0.05) is 6.07 Å². The molecule has 0 saturated heterocycles. The van der Waals surface area contributed by atoms with Gasteiger partial charge in [-0.3, -0.25) is 0 Å². The van der Waals surface area contributed by atoms with E-state index in [1.54, 1.807) is 0 Å². The highest BCUT2D eigenvalue weighted by atomic mass is 19.4. The Labute approximate surface area is 107 Å². The van der Waals surface area contributed by atoms with Gasteiger partial charge >= 0.3 is 6.18 Å². The molecular formula is C12H10F3N3O. The van der Waals surface area contributed by atoms with Crippen molar-refractivity contribution in [1.29, 1.82) is 0 Å². The molecule has 1 aromatic carbocycles. The molecule has 0 saturated carbocycles. The molecule has 1 aromatic heterocycles. The molecule has 2 N–H and O–H groups in total. The molecule has 2 rings (SSSR count). The van der Waals surface area contributed by atoms with Crippen molar-refractivity contribution in [3.05, 3.63) is 47.9 Å². The van der Waals surface area contributed by atoms with Crippen molar-refractivity contribution in [2.75, 3.05) is 5.73 Å². The molecule has 0 aliphatic heterocycles. The minimum Gasteiger partial charge on any atom is -0.486 e. The van der Waals surface area contributed by atoms with E-state index in [4.69, 9.17) is 10.5 Å². The number of rotatable bonds is 3. The van der Waals surface area contributed by atoms with Gasteiger partial charge in [-0.2, -0.15) is 13.2 Å². The van der Waals surface area contributed by atoms with Crippen molar-refractivity contribution in [1.82, 2.24) is 9.97 Å². The van der Waals surface area contributed by atoms with Gasteiger partial charge in [0.05, 0.1) is 5.56 Å². The zero-order chi connectivity index (χ0) is 13.9. The van der Waals surface area contributed by atoms with E-state index >= 15 is 0 Å². The number of ether oxygens (including phenoxy) is 1. The van der Waals surface area contributed by atoms with Crippen LogP contribution in [0.5, 0.6) is 5.75 Å². The largest absolute Gasteiger partial charge is 0.486 e. The van der Waals surface area contributed by atoms with Crippen molar-refractivity contribution >= 4 is 5.82 Å². The lowest BCUT2D eigenvalue weighted by Crippen LogP contribution is -2.06. The molecule has 19 heavy (non-hydrogen) atoms. The van der Waals surface area contributed by atoms with Crippen LogP contribution in [0.3, 0.4) is 0 Å². The molecule has 7 heteroatoms. The SMILES string of the molecule is Nc1ccnc(COc2cccc(C(F)(F)F)c2)n1. The van der Waals surface area contributed by atoms with Gasteiger partial charge in [0, 0.05) is 6.20 Å². The number of aromatic nitrogens is 2. The van der Waals surface area contributed by atoms with Crippen LogP contribution in [0.2, 0.25) is 0 Å². The van der Waals surface area contributed by atoms with E-state index in [2.05, 4.69) is 9.97 Å². The van der Waals surface area contributed by atoms with E-state index in [9.17, 15) is 13.2 Å². The molecule has 0 unspecified atom stereocenters. The average Bonchev–Trinajstić information content (AvgIpc) is 2.36. The van der Waals surface area contributed by atoms with Crippen LogP contribution in [0.25, 0.3) is 0 Å². The molecule has 0 amide bonds. The Morgan fingerprint density at radius 1 is 1.21 bits per heavy atom. The van der Waals surface area contributed by atoms with Crippen molar-refractivity contribution in [3.63, 3.8) is 0 Å². The number of hydrogen-bond donors (Lipinski definition) is 1. The molecule has 0 bridgehead atoms. The quantitative estimate of drug-likeness (QED) is 0.930. The summed E-state index contributed by atoms with van der Waals surface area (Å²) in [4.78, 5) is 7.77. The molecule has 4 nitrogen and oxygen atoms in total. The average molecular weight is 269 g/mol. The van der Waals surface area contributed by atoms with Crippen molar-refractivity contribution in [2.24, 2.45) is 0 Å². The summed E-state index contributed by atoms with van der Waals surface area (Å²) in [6, 6.07) is 6.11. The summed E-state index contributed by atoms with van der Waals surface area (Å²) in [6.07, 6.45) is -2.94. The third-order valence-electron chi connectivity index (χ3n) is 2.26. The summed E-state index contributed by atoms with van der Waals surface area (Å²) in [6.45, 7) is -0.0493. The van der Waals surface area contributed by atoms with Gasteiger partial charge < -0.3 is 10.5 Å². The molecule has 0 atom stereocenters. The van der Waals surface area contributed by atoms with E-state index in [1.165, 1.54) is 24.4 Å². The highest BCUT2D eigenvalue weighted by Gasteiger charge is 2.30. The second-order valence-electron chi connectivity index (χ2n) is 3.71. The zero-order valence-electron chi connectivity index (χ0n) is 9.69. The van der Waals surface area contributed by atoms with Gasteiger partial charge in [0.1, 0.15) is 18.2 Å². The summed E-state index contributed by atoms with van der Waals surface area (Å²) in [5.74, 6) is 0.677. The number of hydrogen-bond acceptors (Lipinski definition) is 4. The molecule has 0 aliphatic carbocycles. The van der Waals surface area contributed by atoms with Gasteiger partial charge in [-0.05, 0) is 24.3 Å². The van der Waals surface area contributed by atoms with Crippen LogP contribution in [0.15, 0.2) is 36.5 Å². The third-order valence-corrected chi connectivity index (χ3v) is 2.26. The topological polar surface area (TPSA) is 61.0 Å². The monoisotopic (exact) mass is 269 g/mol. The molecule has 1 heterocycles. The normalized spacial score (nSPS) is 11.3. The van der Waals surface area contributed by atoms with E-state index in [0.717, 1.165) is 12.1 Å². The first kappa shape index (κ1) is 13.1. The lowest BCUT2D eigenvalue weighted by atomic mass is 10.2. The highest BCUT2D eigenvalue weighted by Crippen LogP contribution is 2.31. The molecule has 0 aliphatic rings. The Morgan fingerprint density at radius 2 is 2.00 bits per heavy atom. The van der Waals surface area contributed by atoms with Gasteiger partial charge in [-0.25, -0.2) is 9.97 Å². The lowest BCUT2D eigenvalue weighted by Gasteiger charge is -2.09. The van der Waals surface area contributed by atoms with Gasteiger partial charge in [-0.15, -0.1) is 0 Å². The number of alkyl halides is 3. The summed E-state index contributed by atoms with van der Waals surface area (Å²) < 4.78 is 42.7. The Morgan fingerprint density at radius 3 is 2.68 bits per heavy atom. The standard InChI is InChI=1S/C12H10F3N3O/c13-12(14,15)8-2-1-3-9(6-8)19-7-11-17-5-4-10(16)18-11/h1-6H,7H2,(H2,16,17,18). The maximum absolute atomic E-state index is 12.5. The van der Waals surface area contributed by atoms with Crippen LogP contribution in [0.4, 0.5) is 19.0 Å². The first-order chi connectivity index (χ1) is 8.95. The van der Waals surface area contributed by atoms with E-state index in [-0.39, 0.29) is 18.2 Å². The zero-order valence-corrected chi connectivity index (χ0v) is 9.69. The molecule has 100 valence electrons. The number of nitrogens with zero attached hydrogens (tertiary/aromatic N) is 2. The second kappa shape index (κ2) is 5.13. The lowest BCUT2D eigenvalue weighted by molar-refractivity contribution is -0.137. The predicted octanol–water partition coefficient (Wildman–Crippen LogP) is 2.66. The van der Waals surface area contributed by atoms with Crippen LogP contribution in [-0.2, 0) is 12.8 Å². The van der Waals surface area contributed by atoms with Crippen LogP contribution in [0, 0.1) is 0 Å². The summed E-state index contributed by atoms with van der Waals surface area (Å²) >= 11 is 0. The smallest absolute Gasteiger partial charge is 0.416 e.